The van der Waals surface area contributed by atoms with Crippen molar-refractivity contribution < 1.29 is 26.0 Å². The SMILES string of the molecule is Cc1cc(F)ccc1Nc1ncc(C(F)(F)F)c(N2Cc3cccc(N(C)S(C)(=O)=O)c3C2)n1. The first-order chi connectivity index (χ1) is 15.8. The molecule has 180 valence electrons. The third-order valence-corrected chi connectivity index (χ3v) is 6.80. The molecular weight excluding hydrogens is 474 g/mol. The lowest BCUT2D eigenvalue weighted by atomic mass is 10.1. The summed E-state index contributed by atoms with van der Waals surface area (Å²) in [7, 11) is -2.17. The van der Waals surface area contributed by atoms with Crippen LogP contribution in [0.2, 0.25) is 0 Å². The summed E-state index contributed by atoms with van der Waals surface area (Å²) in [6.07, 6.45) is -2.95. The third-order valence-electron chi connectivity index (χ3n) is 5.60. The van der Waals surface area contributed by atoms with E-state index >= 15 is 0 Å². The van der Waals surface area contributed by atoms with Gasteiger partial charge in [-0.3, -0.25) is 4.31 Å². The van der Waals surface area contributed by atoms with Gasteiger partial charge in [-0.05, 0) is 42.3 Å². The highest BCUT2D eigenvalue weighted by Crippen LogP contribution is 2.40. The lowest BCUT2D eigenvalue weighted by Gasteiger charge is -2.23. The minimum absolute atomic E-state index is 0.0283. The van der Waals surface area contributed by atoms with E-state index in [4.69, 9.17) is 0 Å². The average molecular weight is 496 g/mol. The van der Waals surface area contributed by atoms with Gasteiger partial charge in [0.05, 0.1) is 11.9 Å². The molecule has 0 bridgehead atoms. The molecule has 2 heterocycles. The molecule has 3 aromatic rings. The number of rotatable bonds is 5. The molecule has 4 rings (SSSR count). The van der Waals surface area contributed by atoms with Crippen LogP contribution < -0.4 is 14.5 Å². The van der Waals surface area contributed by atoms with Crippen molar-refractivity contribution in [3.8, 4) is 0 Å². The first-order valence-electron chi connectivity index (χ1n) is 10.1. The molecule has 0 fully saturated rings. The van der Waals surface area contributed by atoms with Gasteiger partial charge in [0.25, 0.3) is 0 Å². The van der Waals surface area contributed by atoms with Crippen molar-refractivity contribution in [3.05, 3.63) is 70.7 Å². The molecule has 7 nitrogen and oxygen atoms in total. The molecule has 0 saturated carbocycles. The van der Waals surface area contributed by atoms with E-state index in [0.29, 0.717) is 34.3 Å². The predicted octanol–water partition coefficient (Wildman–Crippen LogP) is 4.60. The largest absolute Gasteiger partial charge is 0.421 e. The highest BCUT2D eigenvalue weighted by Gasteiger charge is 2.38. The van der Waals surface area contributed by atoms with Gasteiger partial charge in [-0.15, -0.1) is 0 Å². The molecule has 12 heteroatoms. The maximum absolute atomic E-state index is 13.8. The van der Waals surface area contributed by atoms with Crippen LogP contribution in [0.1, 0.15) is 22.3 Å². The van der Waals surface area contributed by atoms with Crippen molar-refractivity contribution in [2.75, 3.05) is 27.8 Å². The Kier molecular flexibility index (Phi) is 5.88. The zero-order valence-corrected chi connectivity index (χ0v) is 19.3. The zero-order chi connectivity index (χ0) is 24.8. The van der Waals surface area contributed by atoms with E-state index < -0.39 is 27.6 Å². The van der Waals surface area contributed by atoms with Crippen LogP contribution in [0.4, 0.5) is 40.7 Å². The molecule has 1 N–H and O–H groups in total. The molecular formula is C22H21F4N5O2S. The maximum atomic E-state index is 13.8. The van der Waals surface area contributed by atoms with Crippen LogP contribution in [-0.2, 0) is 29.3 Å². The number of sulfonamides is 1. The molecule has 1 aliphatic heterocycles. The maximum Gasteiger partial charge on any atom is 0.421 e. The zero-order valence-electron chi connectivity index (χ0n) is 18.5. The molecule has 2 aromatic carbocycles. The molecule has 0 atom stereocenters. The van der Waals surface area contributed by atoms with Crippen LogP contribution in [0.5, 0.6) is 0 Å². The van der Waals surface area contributed by atoms with Gasteiger partial charge in [0.1, 0.15) is 17.2 Å². The topological polar surface area (TPSA) is 78.4 Å². The highest BCUT2D eigenvalue weighted by atomic mass is 32.2. The second kappa shape index (κ2) is 8.42. The number of benzene rings is 2. The fraction of sp³-hybridized carbons (Fsp3) is 0.273. The summed E-state index contributed by atoms with van der Waals surface area (Å²) in [6, 6.07) is 8.96. The Morgan fingerprint density at radius 2 is 1.88 bits per heavy atom. The minimum atomic E-state index is -4.71. The summed E-state index contributed by atoms with van der Waals surface area (Å²) in [5.41, 5.74) is 1.67. The molecule has 34 heavy (non-hydrogen) atoms. The molecule has 0 radical (unpaired) electrons. The smallest absolute Gasteiger partial charge is 0.347 e. The van der Waals surface area contributed by atoms with E-state index in [-0.39, 0.29) is 24.9 Å². The Morgan fingerprint density at radius 3 is 2.53 bits per heavy atom. The minimum Gasteiger partial charge on any atom is -0.347 e. The molecule has 1 aliphatic rings. The number of hydrogen-bond acceptors (Lipinski definition) is 6. The summed E-state index contributed by atoms with van der Waals surface area (Å²) >= 11 is 0. The number of hydrogen-bond donors (Lipinski definition) is 1. The summed E-state index contributed by atoms with van der Waals surface area (Å²) in [6.45, 7) is 1.78. The highest BCUT2D eigenvalue weighted by molar-refractivity contribution is 7.92. The Balaban J connectivity index is 1.73. The van der Waals surface area contributed by atoms with Crippen LogP contribution >= 0.6 is 0 Å². The van der Waals surface area contributed by atoms with Gasteiger partial charge in [-0.25, -0.2) is 17.8 Å². The first-order valence-corrected chi connectivity index (χ1v) is 12.0. The molecule has 0 unspecified atom stereocenters. The van der Waals surface area contributed by atoms with E-state index in [1.165, 1.54) is 30.1 Å². The number of nitrogens with one attached hydrogen (secondary N) is 1. The second-order valence-electron chi connectivity index (χ2n) is 8.01. The standard InChI is InChI=1S/C22H21F4N5O2S/c1-13-9-15(23)7-8-18(13)28-21-27-10-17(22(24,25)26)20(29-21)31-11-14-5-4-6-19(16(14)12-31)30(2)34(3,32)33/h4-10H,11-12H2,1-3H3,(H,27,28,29). The lowest BCUT2D eigenvalue weighted by Crippen LogP contribution is -2.26. The molecule has 1 aromatic heterocycles. The van der Waals surface area contributed by atoms with Crippen LogP contribution in [-0.4, -0.2) is 31.7 Å². The Labute approximate surface area is 194 Å². The van der Waals surface area contributed by atoms with E-state index in [1.807, 2.05) is 0 Å². The fourth-order valence-corrected chi connectivity index (χ4v) is 4.32. The van der Waals surface area contributed by atoms with Gasteiger partial charge in [-0.1, -0.05) is 12.1 Å². The molecule has 0 amide bonds. The first kappa shape index (κ1) is 23.7. The van der Waals surface area contributed by atoms with Gasteiger partial charge >= 0.3 is 6.18 Å². The van der Waals surface area contributed by atoms with Gasteiger partial charge in [0, 0.05) is 37.6 Å². The van der Waals surface area contributed by atoms with Crippen LogP contribution in [0.3, 0.4) is 0 Å². The number of aromatic nitrogens is 2. The van der Waals surface area contributed by atoms with Gasteiger partial charge in [-0.2, -0.15) is 18.2 Å². The molecule has 0 saturated heterocycles. The normalized spacial score (nSPS) is 13.7. The summed E-state index contributed by atoms with van der Waals surface area (Å²) < 4.78 is 80.0. The second-order valence-corrected chi connectivity index (χ2v) is 10.0. The van der Waals surface area contributed by atoms with Crippen LogP contribution in [0.25, 0.3) is 0 Å². The predicted molar refractivity (Wildman–Crippen MR) is 121 cm³/mol. The van der Waals surface area contributed by atoms with Gasteiger partial charge in [0.2, 0.25) is 16.0 Å². The number of fused-ring (bicyclic) bond motifs is 1. The lowest BCUT2D eigenvalue weighted by molar-refractivity contribution is -0.137. The quantitative estimate of drug-likeness (QED) is 0.522. The van der Waals surface area contributed by atoms with Crippen molar-refractivity contribution >= 4 is 33.2 Å². The third kappa shape index (κ3) is 4.63. The summed E-state index contributed by atoms with van der Waals surface area (Å²) in [5, 5.41) is 2.84. The average Bonchev–Trinajstić information content (AvgIpc) is 3.18. The van der Waals surface area contributed by atoms with Gasteiger partial charge in [0.15, 0.2) is 0 Å². The van der Waals surface area contributed by atoms with Gasteiger partial charge < -0.3 is 10.2 Å². The van der Waals surface area contributed by atoms with Crippen LogP contribution in [0, 0.1) is 12.7 Å². The van der Waals surface area contributed by atoms with E-state index in [9.17, 15) is 26.0 Å². The monoisotopic (exact) mass is 495 g/mol. The van der Waals surface area contributed by atoms with E-state index in [2.05, 4.69) is 15.3 Å². The van der Waals surface area contributed by atoms with Crippen molar-refractivity contribution in [2.45, 2.75) is 26.2 Å². The van der Waals surface area contributed by atoms with E-state index in [1.54, 1.807) is 25.1 Å². The molecule has 0 aliphatic carbocycles. The Morgan fingerprint density at radius 1 is 1.15 bits per heavy atom. The van der Waals surface area contributed by atoms with Crippen molar-refractivity contribution in [2.24, 2.45) is 0 Å². The van der Waals surface area contributed by atoms with Crippen molar-refractivity contribution in [1.29, 1.82) is 0 Å². The van der Waals surface area contributed by atoms with Crippen molar-refractivity contribution in [3.63, 3.8) is 0 Å². The fourth-order valence-electron chi connectivity index (χ4n) is 3.79. The van der Waals surface area contributed by atoms with Crippen molar-refractivity contribution in [1.82, 2.24) is 9.97 Å². The Hall–Kier alpha value is -3.41. The number of anilines is 4. The number of nitrogens with zero attached hydrogens (tertiary/aromatic N) is 4. The number of halogens is 4. The summed E-state index contributed by atoms with van der Waals surface area (Å²) in [4.78, 5) is 9.39. The molecule has 0 spiro atoms. The van der Waals surface area contributed by atoms with E-state index in [0.717, 1.165) is 10.6 Å². The van der Waals surface area contributed by atoms with Crippen LogP contribution in [0.15, 0.2) is 42.6 Å². The number of alkyl halides is 3. The summed E-state index contributed by atoms with van der Waals surface area (Å²) in [5.74, 6) is -0.863. The number of aryl methyl sites for hydroxylation is 1. The Bertz CT molecular complexity index is 1360.